The Morgan fingerprint density at radius 2 is 1.77 bits per heavy atom. The smallest absolute Gasteiger partial charge is 0.231 e. The normalized spacial score (nSPS) is 15.1. The van der Waals surface area contributed by atoms with Crippen LogP contribution < -0.4 is 14.7 Å². The average molecular weight is 444 g/mol. The lowest BCUT2D eigenvalue weighted by Crippen LogP contribution is -2.99. The van der Waals surface area contributed by atoms with Crippen molar-refractivity contribution in [2.45, 2.75) is 6.61 Å². The minimum atomic E-state index is -0.982. The van der Waals surface area contributed by atoms with Gasteiger partial charge in [-0.05, 0) is 48.0 Å². The lowest BCUT2D eigenvalue weighted by Gasteiger charge is -2.12. The summed E-state index contributed by atoms with van der Waals surface area (Å²) in [4.78, 5) is 12.6. The fraction of sp³-hybridized carbons (Fsp3) is 0.0455. The number of fused-ring (bicyclic) bond motifs is 1. The Morgan fingerprint density at radius 1 is 1.07 bits per heavy atom. The van der Waals surface area contributed by atoms with Crippen LogP contribution in [0.15, 0.2) is 66.4 Å². The van der Waals surface area contributed by atoms with Crippen LogP contribution in [0.1, 0.15) is 21.5 Å². The summed E-state index contributed by atoms with van der Waals surface area (Å²) in [6, 6.07) is 16.4. The standard InChI is InChI=1S/C22H15Cl2NO5/c23-18-2-1-3-19(24)17(18)11-21-22(26)16-9-8-15(10-20(16)30-21)29-12-13-4-6-14(7-5-13)25(27)28/h1-11,25,27H,12H2. The quantitative estimate of drug-likeness (QED) is 0.444. The Hall–Kier alpha value is -2.87. The number of benzene rings is 3. The molecule has 6 nitrogen and oxygen atoms in total. The lowest BCUT2D eigenvalue weighted by molar-refractivity contribution is -0.991. The van der Waals surface area contributed by atoms with Gasteiger partial charge in [-0.2, -0.15) is 5.23 Å². The van der Waals surface area contributed by atoms with E-state index in [2.05, 4.69) is 0 Å². The number of rotatable bonds is 5. The zero-order valence-electron chi connectivity index (χ0n) is 15.4. The van der Waals surface area contributed by atoms with Crippen molar-refractivity contribution >= 4 is 40.7 Å². The Balaban J connectivity index is 1.50. The van der Waals surface area contributed by atoms with E-state index in [1.165, 1.54) is 18.2 Å². The van der Waals surface area contributed by atoms with Crippen molar-refractivity contribution in [3.63, 3.8) is 0 Å². The molecule has 0 aromatic heterocycles. The lowest BCUT2D eigenvalue weighted by atomic mass is 10.1. The minimum absolute atomic E-state index is 0.126. The highest BCUT2D eigenvalue weighted by Gasteiger charge is 2.28. The largest absolute Gasteiger partial charge is 0.595 e. The first-order chi connectivity index (χ1) is 14.4. The molecule has 1 aliphatic heterocycles. The summed E-state index contributed by atoms with van der Waals surface area (Å²) in [6.45, 7) is 0.241. The van der Waals surface area contributed by atoms with Gasteiger partial charge in [0.05, 0.1) is 5.56 Å². The number of hydrogen-bond acceptors (Lipinski definition) is 5. The predicted molar refractivity (Wildman–Crippen MR) is 112 cm³/mol. The molecule has 0 bridgehead atoms. The maximum Gasteiger partial charge on any atom is 0.231 e. The number of ketones is 1. The average Bonchev–Trinajstić information content (AvgIpc) is 3.04. The molecule has 30 heavy (non-hydrogen) atoms. The van der Waals surface area contributed by atoms with Crippen LogP contribution in [0.4, 0.5) is 5.69 Å². The molecule has 1 aliphatic rings. The van der Waals surface area contributed by atoms with Gasteiger partial charge in [-0.3, -0.25) is 4.79 Å². The molecule has 2 N–H and O–H groups in total. The molecule has 0 spiro atoms. The van der Waals surface area contributed by atoms with Crippen LogP contribution >= 0.6 is 23.2 Å². The topological polar surface area (TPSA) is 83.3 Å². The Kier molecular flexibility index (Phi) is 5.76. The van der Waals surface area contributed by atoms with E-state index < -0.39 is 5.23 Å². The van der Waals surface area contributed by atoms with Crippen LogP contribution in [0.3, 0.4) is 0 Å². The van der Waals surface area contributed by atoms with E-state index >= 15 is 0 Å². The van der Waals surface area contributed by atoms with Gasteiger partial charge in [0, 0.05) is 33.8 Å². The van der Waals surface area contributed by atoms with Gasteiger partial charge in [0.15, 0.2) is 11.4 Å². The summed E-state index contributed by atoms with van der Waals surface area (Å²) in [7, 11) is 0. The van der Waals surface area contributed by atoms with Crippen molar-refractivity contribution in [2.24, 2.45) is 0 Å². The van der Waals surface area contributed by atoms with Crippen LogP contribution in [0.25, 0.3) is 6.08 Å². The van der Waals surface area contributed by atoms with Crippen molar-refractivity contribution in [2.75, 3.05) is 0 Å². The third kappa shape index (κ3) is 4.18. The summed E-state index contributed by atoms with van der Waals surface area (Å²) in [5, 5.41) is 19.7. The molecule has 0 radical (unpaired) electrons. The van der Waals surface area contributed by atoms with Gasteiger partial charge in [0.2, 0.25) is 5.78 Å². The van der Waals surface area contributed by atoms with Gasteiger partial charge in [-0.15, -0.1) is 0 Å². The van der Waals surface area contributed by atoms with Crippen LogP contribution in [-0.4, -0.2) is 11.0 Å². The van der Waals surface area contributed by atoms with Crippen molar-refractivity contribution in [3.05, 3.63) is 98.4 Å². The van der Waals surface area contributed by atoms with Gasteiger partial charge in [0.25, 0.3) is 0 Å². The zero-order valence-corrected chi connectivity index (χ0v) is 16.9. The molecule has 1 heterocycles. The molecule has 152 valence electrons. The SMILES string of the molecule is O=C1C(=Cc2c(Cl)cccc2Cl)Oc2cc(OCc3ccc([NH+]([O-])O)cc3)ccc21. The minimum Gasteiger partial charge on any atom is -0.595 e. The summed E-state index contributed by atoms with van der Waals surface area (Å²) >= 11 is 12.3. The maximum atomic E-state index is 12.6. The van der Waals surface area contributed by atoms with E-state index in [0.717, 1.165) is 5.56 Å². The highest BCUT2D eigenvalue weighted by atomic mass is 35.5. The van der Waals surface area contributed by atoms with Gasteiger partial charge in [-0.1, -0.05) is 29.3 Å². The maximum absolute atomic E-state index is 12.6. The van der Waals surface area contributed by atoms with Gasteiger partial charge in [-0.25, -0.2) is 5.21 Å². The highest BCUT2D eigenvalue weighted by molar-refractivity contribution is 6.37. The summed E-state index contributed by atoms with van der Waals surface area (Å²) in [5.41, 5.74) is 1.95. The molecule has 1 atom stereocenters. The molecule has 3 aromatic carbocycles. The predicted octanol–water partition coefficient (Wildman–Crippen LogP) is 4.59. The second-order valence-corrected chi connectivity index (χ2v) is 7.34. The van der Waals surface area contributed by atoms with Crippen LogP contribution in [0.5, 0.6) is 11.5 Å². The number of quaternary nitrogens is 1. The molecule has 0 amide bonds. The monoisotopic (exact) mass is 443 g/mol. The molecule has 4 rings (SSSR count). The first-order valence-corrected chi connectivity index (χ1v) is 9.65. The molecule has 0 saturated carbocycles. The number of halogens is 2. The fourth-order valence-electron chi connectivity index (χ4n) is 2.95. The van der Waals surface area contributed by atoms with E-state index in [1.807, 2.05) is 0 Å². The number of nitrogens with one attached hydrogen (secondary N) is 1. The third-order valence-corrected chi connectivity index (χ3v) is 5.18. The number of ether oxygens (including phenoxy) is 2. The zero-order chi connectivity index (χ0) is 21.3. The van der Waals surface area contributed by atoms with Crippen LogP contribution in [0.2, 0.25) is 10.0 Å². The molecule has 8 heteroatoms. The summed E-state index contributed by atoms with van der Waals surface area (Å²) in [6.07, 6.45) is 1.53. The molecular weight excluding hydrogens is 429 g/mol. The number of hydrogen-bond donors (Lipinski definition) is 2. The van der Waals surface area contributed by atoms with Crippen molar-refractivity contribution in [3.8, 4) is 11.5 Å². The van der Waals surface area contributed by atoms with Crippen molar-refractivity contribution < 1.29 is 24.7 Å². The first-order valence-electron chi connectivity index (χ1n) is 8.90. The first kappa shape index (κ1) is 20.4. The second kappa shape index (κ2) is 8.47. The molecule has 0 fully saturated rings. The van der Waals surface area contributed by atoms with E-state index in [4.69, 9.17) is 37.9 Å². The Bertz CT molecular complexity index is 1120. The Morgan fingerprint density at radius 3 is 2.43 bits per heavy atom. The van der Waals surface area contributed by atoms with Gasteiger partial charge >= 0.3 is 0 Å². The molecule has 3 aromatic rings. The van der Waals surface area contributed by atoms with Crippen molar-refractivity contribution in [1.29, 1.82) is 0 Å². The van der Waals surface area contributed by atoms with Crippen LogP contribution in [0, 0.1) is 5.21 Å². The molecular formula is C22H15Cl2NO5. The highest BCUT2D eigenvalue weighted by Crippen LogP contribution is 2.36. The summed E-state index contributed by atoms with van der Waals surface area (Å²) < 4.78 is 11.5. The van der Waals surface area contributed by atoms with Gasteiger partial charge < -0.3 is 14.7 Å². The number of carbonyl (C=O) groups is 1. The number of allylic oxidation sites excluding steroid dienone is 1. The third-order valence-electron chi connectivity index (χ3n) is 4.52. The van der Waals surface area contributed by atoms with E-state index in [9.17, 15) is 10.0 Å². The second-order valence-electron chi connectivity index (χ2n) is 6.52. The van der Waals surface area contributed by atoms with E-state index in [1.54, 1.807) is 48.5 Å². The fourth-order valence-corrected chi connectivity index (χ4v) is 3.45. The molecule has 0 saturated heterocycles. The van der Waals surface area contributed by atoms with Crippen molar-refractivity contribution in [1.82, 2.24) is 0 Å². The van der Waals surface area contributed by atoms with E-state index in [-0.39, 0.29) is 23.8 Å². The number of Topliss-reactive ketones (excluding diaryl/α,β-unsaturated/α-hetero) is 1. The van der Waals surface area contributed by atoms with Crippen LogP contribution in [-0.2, 0) is 6.61 Å². The molecule has 0 aliphatic carbocycles. The molecule has 1 unspecified atom stereocenters. The van der Waals surface area contributed by atoms with Gasteiger partial charge in [0.1, 0.15) is 18.1 Å². The Labute approximate surface area is 182 Å². The van der Waals surface area contributed by atoms with E-state index in [0.29, 0.717) is 32.7 Å². The number of carbonyl (C=O) groups excluding carboxylic acids is 1. The summed E-state index contributed by atoms with van der Waals surface area (Å²) in [5.74, 6) is 0.757.